The first-order valence-electron chi connectivity index (χ1n) is 5.27. The molecule has 3 heteroatoms. The van der Waals surface area contributed by atoms with Crippen molar-refractivity contribution in [2.45, 2.75) is 32.6 Å². The number of aromatic hydroxyl groups is 1. The molecule has 0 aliphatic carbocycles. The van der Waals surface area contributed by atoms with Crippen LogP contribution in [0, 0.1) is 0 Å². The average Bonchev–Trinajstić information content (AvgIpc) is 2.22. The predicted octanol–water partition coefficient (Wildman–Crippen LogP) is 2.74. The molecule has 0 atom stereocenters. The van der Waals surface area contributed by atoms with Crippen LogP contribution < -0.4 is 5.73 Å². The van der Waals surface area contributed by atoms with Crippen LogP contribution in [-0.4, -0.2) is 10.9 Å². The lowest BCUT2D eigenvalue weighted by Crippen LogP contribution is -2.03. The summed E-state index contributed by atoms with van der Waals surface area (Å²) in [5.74, 6) is 0.0971. The minimum Gasteiger partial charge on any atom is -0.508 e. The SMILES string of the molecule is CCCCCC(=O)c1cc(O)ccc1N. The molecule has 0 bridgehead atoms. The molecule has 1 rings (SSSR count). The maximum atomic E-state index is 11.7. The molecule has 0 amide bonds. The zero-order valence-electron chi connectivity index (χ0n) is 8.99. The van der Waals surface area contributed by atoms with Crippen LogP contribution in [0.5, 0.6) is 5.75 Å². The van der Waals surface area contributed by atoms with E-state index in [2.05, 4.69) is 6.92 Å². The number of phenols is 1. The van der Waals surface area contributed by atoms with Crippen molar-refractivity contribution < 1.29 is 9.90 Å². The lowest BCUT2D eigenvalue weighted by Gasteiger charge is -2.04. The van der Waals surface area contributed by atoms with Crippen molar-refractivity contribution in [3.63, 3.8) is 0 Å². The van der Waals surface area contributed by atoms with Crippen LogP contribution in [0.1, 0.15) is 43.0 Å². The van der Waals surface area contributed by atoms with Gasteiger partial charge in [0.25, 0.3) is 0 Å². The first-order valence-corrected chi connectivity index (χ1v) is 5.27. The van der Waals surface area contributed by atoms with Crippen LogP contribution >= 0.6 is 0 Å². The summed E-state index contributed by atoms with van der Waals surface area (Å²) in [4.78, 5) is 11.7. The predicted molar refractivity (Wildman–Crippen MR) is 61.0 cm³/mol. The topological polar surface area (TPSA) is 63.3 Å². The molecule has 0 spiro atoms. The second-order valence-corrected chi connectivity index (χ2v) is 3.65. The smallest absolute Gasteiger partial charge is 0.165 e. The van der Waals surface area contributed by atoms with Gasteiger partial charge in [0, 0.05) is 17.7 Å². The number of phenolic OH excluding ortho intramolecular Hbond substituents is 1. The number of anilines is 1. The van der Waals surface area contributed by atoms with Crippen molar-refractivity contribution in [2.75, 3.05) is 5.73 Å². The Morgan fingerprint density at radius 2 is 2.13 bits per heavy atom. The number of Topliss-reactive ketones (excluding diaryl/α,β-unsaturated/α-hetero) is 1. The molecule has 0 aliphatic rings. The van der Waals surface area contributed by atoms with Gasteiger partial charge in [-0.3, -0.25) is 4.79 Å². The first-order chi connectivity index (χ1) is 7.15. The van der Waals surface area contributed by atoms with Gasteiger partial charge in [-0.1, -0.05) is 19.8 Å². The van der Waals surface area contributed by atoms with Gasteiger partial charge in [0.15, 0.2) is 5.78 Å². The zero-order valence-corrected chi connectivity index (χ0v) is 8.99. The molecule has 0 heterocycles. The Balaban J connectivity index is 2.68. The summed E-state index contributed by atoms with van der Waals surface area (Å²) in [5.41, 5.74) is 6.54. The summed E-state index contributed by atoms with van der Waals surface area (Å²) >= 11 is 0. The first kappa shape index (κ1) is 11.6. The fourth-order valence-corrected chi connectivity index (χ4v) is 1.46. The molecule has 1 aromatic carbocycles. The molecule has 0 aromatic heterocycles. The Morgan fingerprint density at radius 3 is 2.80 bits per heavy atom. The number of carbonyl (C=O) groups is 1. The maximum Gasteiger partial charge on any atom is 0.165 e. The summed E-state index contributed by atoms with van der Waals surface area (Å²) in [7, 11) is 0. The van der Waals surface area contributed by atoms with Gasteiger partial charge in [-0.05, 0) is 24.6 Å². The Kier molecular flexibility index (Phi) is 4.16. The molecule has 15 heavy (non-hydrogen) atoms. The number of ketones is 1. The van der Waals surface area contributed by atoms with Crippen LogP contribution in [0.15, 0.2) is 18.2 Å². The summed E-state index contributed by atoms with van der Waals surface area (Å²) < 4.78 is 0. The summed E-state index contributed by atoms with van der Waals surface area (Å²) in [5, 5.41) is 9.25. The van der Waals surface area contributed by atoms with Gasteiger partial charge < -0.3 is 10.8 Å². The molecule has 3 N–H and O–H groups in total. The van der Waals surface area contributed by atoms with Crippen molar-refractivity contribution >= 4 is 11.5 Å². The van der Waals surface area contributed by atoms with E-state index in [4.69, 9.17) is 5.73 Å². The highest BCUT2D eigenvalue weighted by atomic mass is 16.3. The van der Waals surface area contributed by atoms with Crippen LogP contribution in [-0.2, 0) is 0 Å². The van der Waals surface area contributed by atoms with E-state index in [1.165, 1.54) is 12.1 Å². The second-order valence-electron chi connectivity index (χ2n) is 3.65. The zero-order chi connectivity index (χ0) is 11.3. The number of nitrogen functional groups attached to an aromatic ring is 1. The highest BCUT2D eigenvalue weighted by molar-refractivity contribution is 6.01. The van der Waals surface area contributed by atoms with E-state index in [-0.39, 0.29) is 11.5 Å². The Hall–Kier alpha value is -1.51. The molecule has 0 unspecified atom stereocenters. The van der Waals surface area contributed by atoms with E-state index in [0.717, 1.165) is 19.3 Å². The number of hydrogen-bond acceptors (Lipinski definition) is 3. The number of nitrogens with two attached hydrogens (primary N) is 1. The molecular formula is C12H17NO2. The standard InChI is InChI=1S/C12H17NO2/c1-2-3-4-5-12(15)10-8-9(14)6-7-11(10)13/h6-8,14H,2-5,13H2,1H3. The highest BCUT2D eigenvalue weighted by Crippen LogP contribution is 2.20. The third-order valence-corrected chi connectivity index (χ3v) is 2.34. The van der Waals surface area contributed by atoms with Crippen molar-refractivity contribution in [1.82, 2.24) is 0 Å². The van der Waals surface area contributed by atoms with Crippen LogP contribution in [0.2, 0.25) is 0 Å². The van der Waals surface area contributed by atoms with Gasteiger partial charge in [-0.2, -0.15) is 0 Å². The largest absolute Gasteiger partial charge is 0.508 e. The normalized spacial score (nSPS) is 10.2. The lowest BCUT2D eigenvalue weighted by atomic mass is 10.0. The fraction of sp³-hybridized carbons (Fsp3) is 0.417. The molecule has 0 radical (unpaired) electrons. The van der Waals surface area contributed by atoms with Gasteiger partial charge in [-0.15, -0.1) is 0 Å². The number of benzene rings is 1. The van der Waals surface area contributed by atoms with Crippen LogP contribution in [0.4, 0.5) is 5.69 Å². The quantitative estimate of drug-likeness (QED) is 0.338. The molecule has 0 fully saturated rings. The monoisotopic (exact) mass is 207 g/mol. The van der Waals surface area contributed by atoms with Crippen molar-refractivity contribution in [3.8, 4) is 5.75 Å². The van der Waals surface area contributed by atoms with Crippen LogP contribution in [0.25, 0.3) is 0 Å². The van der Waals surface area contributed by atoms with E-state index < -0.39 is 0 Å². The third kappa shape index (κ3) is 3.27. The molecule has 3 nitrogen and oxygen atoms in total. The average molecular weight is 207 g/mol. The Morgan fingerprint density at radius 1 is 1.40 bits per heavy atom. The number of unbranched alkanes of at least 4 members (excludes halogenated alkanes) is 2. The van der Waals surface area contributed by atoms with E-state index in [9.17, 15) is 9.90 Å². The second kappa shape index (κ2) is 5.39. The Bertz CT molecular complexity index is 347. The lowest BCUT2D eigenvalue weighted by molar-refractivity contribution is 0.0980. The van der Waals surface area contributed by atoms with Crippen molar-refractivity contribution in [2.24, 2.45) is 0 Å². The van der Waals surface area contributed by atoms with Crippen molar-refractivity contribution in [3.05, 3.63) is 23.8 Å². The molecule has 0 saturated heterocycles. The van der Waals surface area contributed by atoms with Gasteiger partial charge >= 0.3 is 0 Å². The highest BCUT2D eigenvalue weighted by Gasteiger charge is 2.09. The third-order valence-electron chi connectivity index (χ3n) is 2.34. The van der Waals surface area contributed by atoms with Crippen LogP contribution in [0.3, 0.4) is 0 Å². The minimum absolute atomic E-state index is 0.0110. The molecular weight excluding hydrogens is 190 g/mol. The molecule has 1 aromatic rings. The maximum absolute atomic E-state index is 11.7. The van der Waals surface area contributed by atoms with E-state index in [1.54, 1.807) is 6.07 Å². The van der Waals surface area contributed by atoms with Gasteiger partial charge in [-0.25, -0.2) is 0 Å². The molecule has 0 aliphatic heterocycles. The van der Waals surface area contributed by atoms with E-state index >= 15 is 0 Å². The minimum atomic E-state index is 0.0110. The fourth-order valence-electron chi connectivity index (χ4n) is 1.46. The molecule has 82 valence electrons. The number of hydrogen-bond donors (Lipinski definition) is 2. The van der Waals surface area contributed by atoms with E-state index in [1.807, 2.05) is 0 Å². The number of carbonyl (C=O) groups excluding carboxylic acids is 1. The Labute approximate surface area is 89.9 Å². The van der Waals surface area contributed by atoms with Gasteiger partial charge in [0.1, 0.15) is 5.75 Å². The van der Waals surface area contributed by atoms with Gasteiger partial charge in [0.2, 0.25) is 0 Å². The summed E-state index contributed by atoms with van der Waals surface area (Å²) in [6.45, 7) is 2.09. The van der Waals surface area contributed by atoms with Gasteiger partial charge in [0.05, 0.1) is 0 Å². The van der Waals surface area contributed by atoms with E-state index in [0.29, 0.717) is 17.7 Å². The molecule has 0 saturated carbocycles. The summed E-state index contributed by atoms with van der Waals surface area (Å²) in [6.07, 6.45) is 3.51. The number of rotatable bonds is 5. The summed E-state index contributed by atoms with van der Waals surface area (Å²) in [6, 6.07) is 4.48. The van der Waals surface area contributed by atoms with Crippen molar-refractivity contribution in [1.29, 1.82) is 0 Å².